The van der Waals surface area contributed by atoms with Crippen molar-refractivity contribution in [2.75, 3.05) is 13.2 Å². The number of oxime groups is 1. The number of Topliss-reactive ketones (excluding diaryl/α,β-unsaturated/α-hetero) is 1. The van der Waals surface area contributed by atoms with Crippen LogP contribution in [0.4, 0.5) is 0 Å². The van der Waals surface area contributed by atoms with Crippen LogP contribution in [-0.4, -0.2) is 41.9 Å². The number of carboxylic acids is 1. The molecule has 0 unspecified atom stereocenters. The summed E-state index contributed by atoms with van der Waals surface area (Å²) in [6.07, 6.45) is 1.16. The average molecular weight is 215 g/mol. The first-order valence-corrected chi connectivity index (χ1v) is 4.67. The number of nitrogens with zero attached hydrogens (tertiary/aromatic N) is 1. The van der Waals surface area contributed by atoms with Crippen molar-refractivity contribution in [2.24, 2.45) is 5.16 Å². The van der Waals surface area contributed by atoms with E-state index in [1.54, 1.807) is 0 Å². The third kappa shape index (κ3) is 3.67. The summed E-state index contributed by atoms with van der Waals surface area (Å²) in [6.45, 7) is 2.28. The Morgan fingerprint density at radius 3 is 2.47 bits per heavy atom. The van der Waals surface area contributed by atoms with Crippen molar-refractivity contribution in [2.45, 2.75) is 25.9 Å². The molecule has 0 aliphatic carbocycles. The van der Waals surface area contributed by atoms with Crippen LogP contribution in [-0.2, 0) is 19.2 Å². The highest BCUT2D eigenvalue weighted by Gasteiger charge is 2.19. The van der Waals surface area contributed by atoms with Gasteiger partial charge in [-0.25, -0.2) is 4.79 Å². The van der Waals surface area contributed by atoms with E-state index in [0.717, 1.165) is 6.92 Å². The van der Waals surface area contributed by atoms with Crippen LogP contribution in [0.5, 0.6) is 0 Å². The second-order valence-electron chi connectivity index (χ2n) is 3.22. The molecular formula is C9H13NO5. The van der Waals surface area contributed by atoms with E-state index in [-0.39, 0.29) is 6.10 Å². The Kier molecular flexibility index (Phi) is 4.23. The van der Waals surface area contributed by atoms with E-state index in [0.29, 0.717) is 26.1 Å². The van der Waals surface area contributed by atoms with Crippen molar-refractivity contribution < 1.29 is 24.3 Å². The Bertz CT molecular complexity index is 264. The van der Waals surface area contributed by atoms with Gasteiger partial charge in [-0.3, -0.25) is 4.79 Å². The number of aliphatic carboxylic acids is 1. The first-order valence-electron chi connectivity index (χ1n) is 4.67. The van der Waals surface area contributed by atoms with E-state index in [9.17, 15) is 9.59 Å². The average Bonchev–Trinajstić information content (AvgIpc) is 2.18. The lowest BCUT2D eigenvalue weighted by Crippen LogP contribution is -2.25. The van der Waals surface area contributed by atoms with E-state index >= 15 is 0 Å². The molecule has 6 heteroatoms. The third-order valence-electron chi connectivity index (χ3n) is 2.00. The van der Waals surface area contributed by atoms with Crippen molar-refractivity contribution in [1.82, 2.24) is 0 Å². The molecule has 0 aromatic rings. The third-order valence-corrected chi connectivity index (χ3v) is 2.00. The maximum Gasteiger partial charge on any atom is 0.361 e. The SMILES string of the molecule is CC(=O)C(=NOC1CCOCC1)C(=O)O. The lowest BCUT2D eigenvalue weighted by atomic mass is 10.2. The molecule has 1 aliphatic heterocycles. The molecular weight excluding hydrogens is 202 g/mol. The maximum absolute atomic E-state index is 10.8. The molecule has 1 saturated heterocycles. The Labute approximate surface area is 86.8 Å². The predicted octanol–water partition coefficient (Wildman–Crippen LogP) is 0.212. The van der Waals surface area contributed by atoms with Gasteiger partial charge in [0.25, 0.3) is 0 Å². The molecule has 0 bridgehead atoms. The Hall–Kier alpha value is -1.43. The molecule has 6 nitrogen and oxygen atoms in total. The second-order valence-corrected chi connectivity index (χ2v) is 3.22. The first kappa shape index (κ1) is 11.6. The van der Waals surface area contributed by atoms with E-state index < -0.39 is 17.5 Å². The van der Waals surface area contributed by atoms with Gasteiger partial charge in [0.15, 0.2) is 5.78 Å². The van der Waals surface area contributed by atoms with Crippen LogP contribution in [0.25, 0.3) is 0 Å². The van der Waals surface area contributed by atoms with Gasteiger partial charge in [0.2, 0.25) is 5.71 Å². The molecule has 1 heterocycles. The van der Waals surface area contributed by atoms with E-state index in [4.69, 9.17) is 14.7 Å². The highest BCUT2D eigenvalue weighted by molar-refractivity contribution is 6.63. The summed E-state index contributed by atoms with van der Waals surface area (Å²) >= 11 is 0. The molecule has 84 valence electrons. The van der Waals surface area contributed by atoms with Gasteiger partial charge in [0.1, 0.15) is 6.10 Å². The molecule has 0 radical (unpaired) electrons. The van der Waals surface area contributed by atoms with Crippen LogP contribution in [0.15, 0.2) is 5.16 Å². The predicted molar refractivity (Wildman–Crippen MR) is 50.7 cm³/mol. The van der Waals surface area contributed by atoms with Crippen molar-refractivity contribution in [3.63, 3.8) is 0 Å². The summed E-state index contributed by atoms with van der Waals surface area (Å²) in [6, 6.07) is 0. The number of carboxylic acid groups (broad SMARTS) is 1. The minimum Gasteiger partial charge on any atom is -0.476 e. The van der Waals surface area contributed by atoms with Crippen LogP contribution in [0.2, 0.25) is 0 Å². The van der Waals surface area contributed by atoms with Crippen molar-refractivity contribution in [3.05, 3.63) is 0 Å². The molecule has 1 N–H and O–H groups in total. The summed E-state index contributed by atoms with van der Waals surface area (Å²) in [5.41, 5.74) is -0.568. The molecule has 0 atom stereocenters. The first-order chi connectivity index (χ1) is 7.11. The van der Waals surface area contributed by atoms with Crippen molar-refractivity contribution in [1.29, 1.82) is 0 Å². The van der Waals surface area contributed by atoms with Gasteiger partial charge in [-0.05, 0) is 0 Å². The fourth-order valence-electron chi connectivity index (χ4n) is 1.16. The number of hydrogen-bond donors (Lipinski definition) is 1. The van der Waals surface area contributed by atoms with E-state index in [2.05, 4.69) is 5.16 Å². The molecule has 0 spiro atoms. The fraction of sp³-hybridized carbons (Fsp3) is 0.667. The number of hydrogen-bond acceptors (Lipinski definition) is 5. The largest absolute Gasteiger partial charge is 0.476 e. The lowest BCUT2D eigenvalue weighted by Gasteiger charge is -2.19. The van der Waals surface area contributed by atoms with Gasteiger partial charge in [0, 0.05) is 19.8 Å². The van der Waals surface area contributed by atoms with Gasteiger partial charge in [0.05, 0.1) is 13.2 Å². The minimum absolute atomic E-state index is 0.160. The Morgan fingerprint density at radius 1 is 1.40 bits per heavy atom. The molecule has 15 heavy (non-hydrogen) atoms. The molecule has 0 saturated carbocycles. The molecule has 1 fully saturated rings. The van der Waals surface area contributed by atoms with Gasteiger partial charge >= 0.3 is 5.97 Å². The van der Waals surface area contributed by atoms with Crippen molar-refractivity contribution >= 4 is 17.5 Å². The Morgan fingerprint density at radius 2 is 2.00 bits per heavy atom. The zero-order valence-electron chi connectivity index (χ0n) is 8.43. The van der Waals surface area contributed by atoms with E-state index in [1.807, 2.05) is 0 Å². The number of carbonyl (C=O) groups is 2. The lowest BCUT2D eigenvalue weighted by molar-refractivity contribution is -0.130. The van der Waals surface area contributed by atoms with Gasteiger partial charge < -0.3 is 14.7 Å². The number of ketones is 1. The highest BCUT2D eigenvalue weighted by atomic mass is 16.6. The van der Waals surface area contributed by atoms with Crippen LogP contribution in [0.1, 0.15) is 19.8 Å². The van der Waals surface area contributed by atoms with Gasteiger partial charge in [-0.2, -0.15) is 0 Å². The monoisotopic (exact) mass is 215 g/mol. The number of rotatable bonds is 4. The second kappa shape index (κ2) is 5.45. The standard InChI is InChI=1S/C9H13NO5/c1-6(11)8(9(12)13)10-15-7-2-4-14-5-3-7/h7H,2-5H2,1H3,(H,12,13). The summed E-state index contributed by atoms with van der Waals surface area (Å²) in [7, 11) is 0. The maximum atomic E-state index is 10.8. The zero-order valence-corrected chi connectivity index (χ0v) is 8.43. The topological polar surface area (TPSA) is 85.2 Å². The van der Waals surface area contributed by atoms with Gasteiger partial charge in [-0.1, -0.05) is 5.16 Å². The quantitative estimate of drug-likeness (QED) is 0.411. The number of ether oxygens (including phenoxy) is 1. The minimum atomic E-state index is -1.37. The molecule has 1 aliphatic rings. The Balaban J connectivity index is 2.52. The fourth-order valence-corrected chi connectivity index (χ4v) is 1.16. The molecule has 0 aromatic heterocycles. The summed E-state index contributed by atoms with van der Waals surface area (Å²) in [4.78, 5) is 26.4. The summed E-state index contributed by atoms with van der Waals surface area (Å²) < 4.78 is 5.09. The van der Waals surface area contributed by atoms with Crippen LogP contribution in [0, 0.1) is 0 Å². The smallest absolute Gasteiger partial charge is 0.361 e. The summed E-state index contributed by atoms with van der Waals surface area (Å²) in [5.74, 6) is -1.98. The van der Waals surface area contributed by atoms with Crippen LogP contribution in [0.3, 0.4) is 0 Å². The zero-order chi connectivity index (χ0) is 11.3. The van der Waals surface area contributed by atoms with Gasteiger partial charge in [-0.15, -0.1) is 0 Å². The normalized spacial score (nSPS) is 18.6. The van der Waals surface area contributed by atoms with E-state index in [1.165, 1.54) is 0 Å². The van der Waals surface area contributed by atoms with Crippen LogP contribution >= 0.6 is 0 Å². The highest BCUT2D eigenvalue weighted by Crippen LogP contribution is 2.10. The molecule has 0 amide bonds. The molecule has 0 aromatic carbocycles. The summed E-state index contributed by atoms with van der Waals surface area (Å²) in [5, 5.41) is 12.0. The van der Waals surface area contributed by atoms with Crippen LogP contribution < -0.4 is 0 Å². The number of carbonyl (C=O) groups excluding carboxylic acids is 1. The molecule has 1 rings (SSSR count). The van der Waals surface area contributed by atoms with Crippen molar-refractivity contribution in [3.8, 4) is 0 Å².